The van der Waals surface area contributed by atoms with E-state index in [2.05, 4.69) is 22.2 Å². The average molecular weight is 591 g/mol. The van der Waals surface area contributed by atoms with Gasteiger partial charge in [-0.15, -0.1) is 11.3 Å². The Kier molecular flexibility index (Phi) is 8.41. The lowest BCUT2D eigenvalue weighted by Crippen LogP contribution is -2.55. The number of nitrogens with zero attached hydrogens (tertiary/aromatic N) is 2. The van der Waals surface area contributed by atoms with Gasteiger partial charge in [0.05, 0.1) is 10.9 Å². The molecule has 0 radical (unpaired) electrons. The molecule has 0 spiro atoms. The van der Waals surface area contributed by atoms with Crippen LogP contribution in [0.3, 0.4) is 0 Å². The lowest BCUT2D eigenvalue weighted by molar-refractivity contribution is -0.145. The first-order chi connectivity index (χ1) is 18.7. The molecule has 4 atom stereocenters. The number of thiophene rings is 1. The number of rotatable bonds is 9. The fourth-order valence-corrected chi connectivity index (χ4v) is 7.38. The predicted molar refractivity (Wildman–Crippen MR) is 150 cm³/mol. The van der Waals surface area contributed by atoms with Crippen molar-refractivity contribution in [1.82, 2.24) is 19.8 Å². The third kappa shape index (κ3) is 6.89. The zero-order chi connectivity index (χ0) is 27.6. The normalized spacial score (nSPS) is 25.3. The molecule has 0 bridgehead atoms. The molecule has 2 aliphatic heterocycles. The molecule has 2 N–H and O–H groups in total. The Bertz CT molecular complexity index is 1360. The molecule has 3 aliphatic rings. The number of nitrogens with one attached hydrogen (secondary N) is 2. The summed E-state index contributed by atoms with van der Waals surface area (Å²) in [5.74, 6) is -0.590. The minimum atomic E-state index is -3.88. The summed E-state index contributed by atoms with van der Waals surface area (Å²) in [6.07, 6.45) is 4.51. The number of carbonyl (C=O) groups is 3. The number of hydrogen-bond acceptors (Lipinski definition) is 6. The molecule has 1 aromatic carbocycles. The number of piperidine rings is 1. The van der Waals surface area contributed by atoms with Gasteiger partial charge in [0.25, 0.3) is 0 Å². The van der Waals surface area contributed by atoms with Gasteiger partial charge in [0, 0.05) is 35.3 Å². The number of halogens is 1. The van der Waals surface area contributed by atoms with E-state index in [1.54, 1.807) is 17.0 Å². The molecule has 3 amide bonds. The van der Waals surface area contributed by atoms with Crippen molar-refractivity contribution in [3.8, 4) is 0 Å². The van der Waals surface area contributed by atoms with E-state index in [-0.39, 0.29) is 24.4 Å². The Balaban J connectivity index is 1.14. The van der Waals surface area contributed by atoms with Crippen LogP contribution in [0.2, 0.25) is 4.34 Å². The molecule has 2 saturated heterocycles. The van der Waals surface area contributed by atoms with Crippen LogP contribution < -0.4 is 10.0 Å². The number of hydrogen-bond donors (Lipinski definition) is 2. The van der Waals surface area contributed by atoms with E-state index in [4.69, 9.17) is 11.6 Å². The highest BCUT2D eigenvalue weighted by molar-refractivity contribution is 7.92. The molecule has 1 aromatic heterocycles. The van der Waals surface area contributed by atoms with Gasteiger partial charge in [0.15, 0.2) is 0 Å². The maximum absolute atomic E-state index is 13.2. The molecule has 39 heavy (non-hydrogen) atoms. The van der Waals surface area contributed by atoms with Crippen LogP contribution in [0.1, 0.15) is 48.5 Å². The van der Waals surface area contributed by atoms with Crippen molar-refractivity contribution >= 4 is 56.8 Å². The Hall–Kier alpha value is -2.73. The SMILES string of the molecule is O=C(N[C@H]1C[C@@H]1c1ccccc1)[C@H]1CCCN1C(=O)CN1CCC[C@H](NS(=O)(=O)/C=C/c2ccc(Cl)s2)C1=O. The molecule has 2 aromatic rings. The Morgan fingerprint density at radius 1 is 1.08 bits per heavy atom. The first-order valence-corrected chi connectivity index (χ1v) is 15.8. The highest BCUT2D eigenvalue weighted by atomic mass is 35.5. The topological polar surface area (TPSA) is 116 Å². The number of carbonyl (C=O) groups excluding carboxylic acids is 3. The van der Waals surface area contributed by atoms with E-state index in [0.29, 0.717) is 47.5 Å². The average Bonchev–Trinajstić information content (AvgIpc) is 3.28. The third-order valence-corrected chi connectivity index (χ3v) is 9.69. The number of amides is 3. The lowest BCUT2D eigenvalue weighted by Gasteiger charge is -2.33. The molecule has 3 fully saturated rings. The fraction of sp³-hybridized carbons (Fsp3) is 0.444. The maximum atomic E-state index is 13.2. The van der Waals surface area contributed by atoms with E-state index in [9.17, 15) is 22.8 Å². The zero-order valence-electron chi connectivity index (χ0n) is 21.3. The monoisotopic (exact) mass is 590 g/mol. The summed E-state index contributed by atoms with van der Waals surface area (Å²) in [6, 6.07) is 12.0. The van der Waals surface area contributed by atoms with E-state index in [0.717, 1.165) is 18.2 Å². The Labute approximate surface area is 237 Å². The van der Waals surface area contributed by atoms with E-state index in [1.807, 2.05) is 18.2 Å². The molecule has 0 unspecified atom stereocenters. The van der Waals surface area contributed by atoms with E-state index >= 15 is 0 Å². The largest absolute Gasteiger partial charge is 0.351 e. The molecular formula is C27H31ClN4O5S2. The van der Waals surface area contributed by atoms with Crippen LogP contribution in [-0.4, -0.2) is 73.7 Å². The summed E-state index contributed by atoms with van der Waals surface area (Å²) < 4.78 is 28.1. The Morgan fingerprint density at radius 2 is 1.85 bits per heavy atom. The van der Waals surface area contributed by atoms with Crippen LogP contribution in [0.25, 0.3) is 6.08 Å². The van der Waals surface area contributed by atoms with Crippen molar-refractivity contribution in [2.75, 3.05) is 19.6 Å². The molecule has 5 rings (SSSR count). The van der Waals surface area contributed by atoms with Gasteiger partial charge in [0.2, 0.25) is 27.7 Å². The highest BCUT2D eigenvalue weighted by Gasteiger charge is 2.43. The molecule has 1 saturated carbocycles. The molecule has 1 aliphatic carbocycles. The summed E-state index contributed by atoms with van der Waals surface area (Å²) in [5.41, 5.74) is 1.20. The van der Waals surface area contributed by atoms with Crippen molar-refractivity contribution < 1.29 is 22.8 Å². The minimum Gasteiger partial charge on any atom is -0.351 e. The van der Waals surface area contributed by atoms with Crippen LogP contribution in [0, 0.1) is 0 Å². The standard InChI is InChI=1S/C27H31ClN4O5S2/c28-24-11-10-19(38-24)12-15-39(36,37)30-21-8-4-13-31(27(21)35)17-25(33)32-14-5-9-23(32)26(34)29-22-16-20(22)18-6-2-1-3-7-18/h1-3,6-7,10-12,15,20-23,30H,4-5,8-9,13-14,16-17H2,(H,29,34)/b15-12+/t20-,21+,22+,23-/m1/s1. The molecule has 208 valence electrons. The minimum absolute atomic E-state index is 0.0701. The summed E-state index contributed by atoms with van der Waals surface area (Å²) >= 11 is 7.13. The number of sulfonamides is 1. The fourth-order valence-electron chi connectivity index (χ4n) is 5.31. The van der Waals surface area contributed by atoms with Crippen LogP contribution in [0.5, 0.6) is 0 Å². The predicted octanol–water partition coefficient (Wildman–Crippen LogP) is 2.95. The second-order valence-electron chi connectivity index (χ2n) is 10.2. The lowest BCUT2D eigenvalue weighted by atomic mass is 10.1. The van der Waals surface area contributed by atoms with Gasteiger partial charge in [-0.25, -0.2) is 8.42 Å². The van der Waals surface area contributed by atoms with Gasteiger partial charge in [-0.05, 0) is 55.9 Å². The van der Waals surface area contributed by atoms with Gasteiger partial charge >= 0.3 is 0 Å². The second-order valence-corrected chi connectivity index (χ2v) is 13.5. The van der Waals surface area contributed by atoms with Crippen molar-refractivity contribution in [2.45, 2.75) is 56.1 Å². The summed E-state index contributed by atoms with van der Waals surface area (Å²) in [4.78, 5) is 43.0. The van der Waals surface area contributed by atoms with Gasteiger partial charge in [-0.3, -0.25) is 14.4 Å². The van der Waals surface area contributed by atoms with Crippen LogP contribution >= 0.6 is 22.9 Å². The zero-order valence-corrected chi connectivity index (χ0v) is 23.7. The number of benzene rings is 1. The van der Waals surface area contributed by atoms with Crippen molar-refractivity contribution in [2.24, 2.45) is 0 Å². The second kappa shape index (κ2) is 11.8. The van der Waals surface area contributed by atoms with Crippen molar-refractivity contribution in [3.63, 3.8) is 0 Å². The first-order valence-electron chi connectivity index (χ1n) is 13.1. The maximum Gasteiger partial charge on any atom is 0.243 e. The summed E-state index contributed by atoms with van der Waals surface area (Å²) in [6.45, 7) is 0.637. The third-order valence-electron chi connectivity index (χ3n) is 7.39. The van der Waals surface area contributed by atoms with Crippen LogP contribution in [0.4, 0.5) is 0 Å². The van der Waals surface area contributed by atoms with Gasteiger partial charge < -0.3 is 15.1 Å². The van der Waals surface area contributed by atoms with Crippen LogP contribution in [0.15, 0.2) is 47.9 Å². The van der Waals surface area contributed by atoms with Crippen molar-refractivity contribution in [3.05, 3.63) is 62.6 Å². The van der Waals surface area contributed by atoms with E-state index in [1.165, 1.54) is 27.9 Å². The van der Waals surface area contributed by atoms with Gasteiger partial charge in [0.1, 0.15) is 12.1 Å². The van der Waals surface area contributed by atoms with Gasteiger partial charge in [-0.1, -0.05) is 41.9 Å². The molecule has 12 heteroatoms. The molecular weight excluding hydrogens is 560 g/mol. The Morgan fingerprint density at radius 3 is 2.59 bits per heavy atom. The highest BCUT2D eigenvalue weighted by Crippen LogP contribution is 2.40. The van der Waals surface area contributed by atoms with Gasteiger partial charge in [-0.2, -0.15) is 4.72 Å². The molecule has 3 heterocycles. The number of likely N-dealkylation sites (tertiary alicyclic amines) is 2. The summed E-state index contributed by atoms with van der Waals surface area (Å²) in [7, 11) is -3.88. The quantitative estimate of drug-likeness (QED) is 0.466. The van der Waals surface area contributed by atoms with Crippen LogP contribution in [-0.2, 0) is 24.4 Å². The first kappa shape index (κ1) is 27.8. The molecule has 9 nitrogen and oxygen atoms in total. The smallest absolute Gasteiger partial charge is 0.243 e. The van der Waals surface area contributed by atoms with Crippen molar-refractivity contribution in [1.29, 1.82) is 0 Å². The summed E-state index contributed by atoms with van der Waals surface area (Å²) in [5, 5.41) is 4.11. The van der Waals surface area contributed by atoms with E-state index < -0.39 is 28.0 Å².